The molecule has 1 amide bonds. The van der Waals surface area contributed by atoms with Gasteiger partial charge in [-0.25, -0.2) is 15.0 Å². The summed E-state index contributed by atoms with van der Waals surface area (Å²) in [6.45, 7) is 3.14. The number of aryl methyl sites for hydroxylation is 1. The van der Waals surface area contributed by atoms with Gasteiger partial charge in [0.05, 0.1) is 13.7 Å². The zero-order chi connectivity index (χ0) is 19.7. The lowest BCUT2D eigenvalue weighted by molar-refractivity contribution is -0.130. The summed E-state index contributed by atoms with van der Waals surface area (Å²) >= 11 is 0. The van der Waals surface area contributed by atoms with Crippen LogP contribution in [0.4, 0.5) is 0 Å². The standard InChI is InChI=1S/C19H22N6O3/c1-4-15(26)25-8-7-13(10-25)28-19-16-18(21-11-22-19)24(2)17(23-16)12-5-6-14(27-3)20-9-12/h5-6,9,11,13H,4,7-8,10H2,1-3H3/t13-/m0/s1. The second kappa shape index (κ2) is 7.41. The highest BCUT2D eigenvalue weighted by Gasteiger charge is 2.28. The van der Waals surface area contributed by atoms with E-state index < -0.39 is 0 Å². The van der Waals surface area contributed by atoms with Gasteiger partial charge < -0.3 is 18.9 Å². The van der Waals surface area contributed by atoms with Crippen LogP contribution in [0.15, 0.2) is 24.7 Å². The van der Waals surface area contributed by atoms with Gasteiger partial charge in [0.1, 0.15) is 18.3 Å². The molecule has 4 rings (SSSR count). The number of hydrogen-bond acceptors (Lipinski definition) is 7. The molecule has 1 saturated heterocycles. The molecule has 1 aliphatic rings. The molecule has 1 atom stereocenters. The van der Waals surface area contributed by atoms with Crippen molar-refractivity contribution >= 4 is 17.1 Å². The zero-order valence-corrected chi connectivity index (χ0v) is 16.1. The lowest BCUT2D eigenvalue weighted by atomic mass is 10.3. The number of hydrogen-bond donors (Lipinski definition) is 0. The van der Waals surface area contributed by atoms with E-state index in [0.29, 0.717) is 48.3 Å². The summed E-state index contributed by atoms with van der Waals surface area (Å²) in [5.41, 5.74) is 2.11. The van der Waals surface area contributed by atoms with Crippen LogP contribution in [0.25, 0.3) is 22.6 Å². The van der Waals surface area contributed by atoms with Gasteiger partial charge in [0.15, 0.2) is 11.2 Å². The van der Waals surface area contributed by atoms with Gasteiger partial charge in [-0.1, -0.05) is 6.92 Å². The van der Waals surface area contributed by atoms with E-state index >= 15 is 0 Å². The molecule has 0 unspecified atom stereocenters. The maximum atomic E-state index is 11.9. The number of fused-ring (bicyclic) bond motifs is 1. The van der Waals surface area contributed by atoms with Crippen LogP contribution in [0.5, 0.6) is 11.8 Å². The molecule has 0 saturated carbocycles. The molecule has 3 aromatic heterocycles. The number of ether oxygens (including phenoxy) is 2. The maximum Gasteiger partial charge on any atom is 0.245 e. The summed E-state index contributed by atoms with van der Waals surface area (Å²) < 4.78 is 13.1. The second-order valence-electron chi connectivity index (χ2n) is 6.66. The van der Waals surface area contributed by atoms with E-state index in [9.17, 15) is 4.79 Å². The Morgan fingerprint density at radius 3 is 2.86 bits per heavy atom. The van der Waals surface area contributed by atoms with E-state index in [1.54, 1.807) is 19.4 Å². The molecule has 9 nitrogen and oxygen atoms in total. The third-order valence-corrected chi connectivity index (χ3v) is 4.90. The van der Waals surface area contributed by atoms with Crippen molar-refractivity contribution in [1.82, 2.24) is 29.4 Å². The van der Waals surface area contributed by atoms with Crippen molar-refractivity contribution in [2.24, 2.45) is 7.05 Å². The first-order valence-corrected chi connectivity index (χ1v) is 9.23. The maximum absolute atomic E-state index is 11.9. The molecule has 0 aromatic carbocycles. The lowest BCUT2D eigenvalue weighted by Crippen LogP contribution is -2.30. The molecule has 0 bridgehead atoms. The smallest absolute Gasteiger partial charge is 0.245 e. The molecular weight excluding hydrogens is 360 g/mol. The van der Waals surface area contributed by atoms with Crippen molar-refractivity contribution in [3.05, 3.63) is 24.7 Å². The van der Waals surface area contributed by atoms with Crippen LogP contribution >= 0.6 is 0 Å². The van der Waals surface area contributed by atoms with Gasteiger partial charge >= 0.3 is 0 Å². The number of rotatable bonds is 5. The monoisotopic (exact) mass is 382 g/mol. The SMILES string of the molecule is CCC(=O)N1CC[C@H](Oc2ncnc3c2nc(-c2ccc(OC)nc2)n3C)C1. The summed E-state index contributed by atoms with van der Waals surface area (Å²) in [6, 6.07) is 3.68. The molecular formula is C19H22N6O3. The van der Waals surface area contributed by atoms with Crippen LogP contribution in [0.1, 0.15) is 19.8 Å². The van der Waals surface area contributed by atoms with Gasteiger partial charge in [0, 0.05) is 44.3 Å². The summed E-state index contributed by atoms with van der Waals surface area (Å²) in [4.78, 5) is 31.3. The van der Waals surface area contributed by atoms with Crippen molar-refractivity contribution in [2.75, 3.05) is 20.2 Å². The van der Waals surface area contributed by atoms with Crippen LogP contribution in [0, 0.1) is 0 Å². The summed E-state index contributed by atoms with van der Waals surface area (Å²) in [7, 11) is 3.47. The van der Waals surface area contributed by atoms with Gasteiger partial charge in [0.2, 0.25) is 17.7 Å². The Balaban J connectivity index is 1.63. The fourth-order valence-corrected chi connectivity index (χ4v) is 3.39. The number of imidazole rings is 1. The molecule has 1 fully saturated rings. The van der Waals surface area contributed by atoms with E-state index in [4.69, 9.17) is 14.5 Å². The number of nitrogens with zero attached hydrogens (tertiary/aromatic N) is 6. The summed E-state index contributed by atoms with van der Waals surface area (Å²) in [5.74, 6) is 1.83. The average Bonchev–Trinajstić information content (AvgIpc) is 3.33. The van der Waals surface area contributed by atoms with Crippen molar-refractivity contribution < 1.29 is 14.3 Å². The topological polar surface area (TPSA) is 95.3 Å². The predicted octanol–water partition coefficient (Wildman–Crippen LogP) is 1.82. The first-order chi connectivity index (χ1) is 13.6. The van der Waals surface area contributed by atoms with Gasteiger partial charge in [-0.15, -0.1) is 0 Å². The number of methoxy groups -OCH3 is 1. The van der Waals surface area contributed by atoms with Crippen molar-refractivity contribution in [3.8, 4) is 23.1 Å². The number of pyridine rings is 1. The molecule has 0 spiro atoms. The molecule has 28 heavy (non-hydrogen) atoms. The van der Waals surface area contributed by atoms with Crippen molar-refractivity contribution in [2.45, 2.75) is 25.9 Å². The third-order valence-electron chi connectivity index (χ3n) is 4.90. The Morgan fingerprint density at radius 2 is 2.14 bits per heavy atom. The van der Waals surface area contributed by atoms with E-state index in [1.165, 1.54) is 6.33 Å². The minimum Gasteiger partial charge on any atom is -0.481 e. The lowest BCUT2D eigenvalue weighted by Gasteiger charge is -2.16. The zero-order valence-electron chi connectivity index (χ0n) is 16.1. The van der Waals surface area contributed by atoms with Crippen LogP contribution in [-0.2, 0) is 11.8 Å². The number of likely N-dealkylation sites (tertiary alicyclic amines) is 1. The molecule has 4 heterocycles. The molecule has 1 aliphatic heterocycles. The quantitative estimate of drug-likeness (QED) is 0.664. The Kier molecular flexibility index (Phi) is 4.81. The van der Waals surface area contributed by atoms with Crippen LogP contribution in [-0.4, -0.2) is 61.6 Å². The van der Waals surface area contributed by atoms with Crippen molar-refractivity contribution in [1.29, 1.82) is 0 Å². The Labute approximate surface area is 162 Å². The Hall–Kier alpha value is -3.23. The minimum absolute atomic E-state index is 0.0956. The summed E-state index contributed by atoms with van der Waals surface area (Å²) in [5, 5.41) is 0. The van der Waals surface area contributed by atoms with Gasteiger partial charge in [-0.2, -0.15) is 4.98 Å². The molecule has 9 heteroatoms. The summed E-state index contributed by atoms with van der Waals surface area (Å²) in [6.07, 6.45) is 4.36. The number of carbonyl (C=O) groups excluding carboxylic acids is 1. The predicted molar refractivity (Wildman–Crippen MR) is 102 cm³/mol. The first-order valence-electron chi connectivity index (χ1n) is 9.23. The van der Waals surface area contributed by atoms with Crippen LogP contribution < -0.4 is 9.47 Å². The number of amides is 1. The fourth-order valence-electron chi connectivity index (χ4n) is 3.39. The third kappa shape index (κ3) is 3.23. The van der Waals surface area contributed by atoms with Crippen LogP contribution in [0.2, 0.25) is 0 Å². The van der Waals surface area contributed by atoms with E-state index in [2.05, 4.69) is 15.0 Å². The van der Waals surface area contributed by atoms with E-state index in [-0.39, 0.29) is 12.0 Å². The minimum atomic E-state index is -0.0956. The highest BCUT2D eigenvalue weighted by atomic mass is 16.5. The molecule has 146 valence electrons. The van der Waals surface area contributed by atoms with Crippen molar-refractivity contribution in [3.63, 3.8) is 0 Å². The van der Waals surface area contributed by atoms with E-state index in [0.717, 1.165) is 12.0 Å². The molecule has 0 aliphatic carbocycles. The first kappa shape index (κ1) is 18.1. The number of carbonyl (C=O) groups is 1. The average molecular weight is 382 g/mol. The molecule has 0 radical (unpaired) electrons. The fraction of sp³-hybridized carbons (Fsp3) is 0.421. The molecule has 3 aromatic rings. The van der Waals surface area contributed by atoms with Gasteiger partial charge in [-0.05, 0) is 6.07 Å². The van der Waals surface area contributed by atoms with Crippen LogP contribution in [0.3, 0.4) is 0 Å². The highest BCUT2D eigenvalue weighted by Crippen LogP contribution is 2.28. The number of aromatic nitrogens is 5. The second-order valence-corrected chi connectivity index (χ2v) is 6.66. The normalized spacial score (nSPS) is 16.5. The Bertz CT molecular complexity index is 1000. The largest absolute Gasteiger partial charge is 0.481 e. The van der Waals surface area contributed by atoms with Gasteiger partial charge in [-0.3, -0.25) is 4.79 Å². The highest BCUT2D eigenvalue weighted by molar-refractivity contribution is 5.81. The molecule has 0 N–H and O–H groups in total. The van der Waals surface area contributed by atoms with Gasteiger partial charge in [0.25, 0.3) is 0 Å². The Morgan fingerprint density at radius 1 is 1.29 bits per heavy atom. The van der Waals surface area contributed by atoms with E-state index in [1.807, 2.05) is 29.5 Å².